The molecule has 0 aromatic rings. The number of hydrogen-bond acceptors (Lipinski definition) is 3. The predicted octanol–water partition coefficient (Wildman–Crippen LogP) is 1.22. The lowest BCUT2D eigenvalue weighted by molar-refractivity contribution is -0.126. The molecule has 0 aliphatic carbocycles. The quantitative estimate of drug-likeness (QED) is 0.808. The Labute approximate surface area is 117 Å². The lowest BCUT2D eigenvalue weighted by Crippen LogP contribution is -2.47. The van der Waals surface area contributed by atoms with Crippen molar-refractivity contribution in [1.82, 2.24) is 15.5 Å². The number of nitrogens with zero attached hydrogens (tertiary/aromatic N) is 1. The molecule has 4 nitrogen and oxygen atoms in total. The summed E-state index contributed by atoms with van der Waals surface area (Å²) in [5.74, 6) is 0.486. The van der Waals surface area contributed by atoms with Crippen LogP contribution in [0.15, 0.2) is 0 Å². The molecular formula is C15H29N3O. The molecule has 0 aromatic carbocycles. The minimum absolute atomic E-state index is 0.214. The molecule has 1 amide bonds. The molecule has 2 heterocycles. The van der Waals surface area contributed by atoms with Gasteiger partial charge in [0.2, 0.25) is 5.91 Å². The minimum atomic E-state index is 0.214. The van der Waals surface area contributed by atoms with Gasteiger partial charge in [0.1, 0.15) is 0 Å². The van der Waals surface area contributed by atoms with Crippen LogP contribution in [0.3, 0.4) is 0 Å². The number of piperidine rings is 2. The van der Waals surface area contributed by atoms with Crippen LogP contribution >= 0.6 is 0 Å². The number of likely N-dealkylation sites (tertiary alicyclic amines) is 1. The van der Waals surface area contributed by atoms with Gasteiger partial charge in [0.25, 0.3) is 0 Å². The molecule has 2 aliphatic heterocycles. The summed E-state index contributed by atoms with van der Waals surface area (Å²) in [6, 6.07) is 0.475. The van der Waals surface area contributed by atoms with Gasteiger partial charge in [-0.05, 0) is 64.7 Å². The van der Waals surface area contributed by atoms with Crippen molar-refractivity contribution in [2.24, 2.45) is 11.3 Å². The van der Waals surface area contributed by atoms with E-state index < -0.39 is 0 Å². The van der Waals surface area contributed by atoms with Crippen molar-refractivity contribution < 1.29 is 4.79 Å². The third-order valence-corrected chi connectivity index (χ3v) is 4.88. The maximum absolute atomic E-state index is 12.2. The first kappa shape index (κ1) is 14.8. The summed E-state index contributed by atoms with van der Waals surface area (Å²) < 4.78 is 0. The Hall–Kier alpha value is -0.610. The number of carbonyl (C=O) groups is 1. The van der Waals surface area contributed by atoms with Crippen LogP contribution in [0.5, 0.6) is 0 Å². The van der Waals surface area contributed by atoms with Gasteiger partial charge in [-0.1, -0.05) is 6.92 Å². The van der Waals surface area contributed by atoms with Gasteiger partial charge in [-0.15, -0.1) is 0 Å². The van der Waals surface area contributed by atoms with Gasteiger partial charge in [0.05, 0.1) is 0 Å². The predicted molar refractivity (Wildman–Crippen MR) is 78.0 cm³/mol. The molecule has 2 aliphatic rings. The largest absolute Gasteiger partial charge is 0.355 e. The molecule has 2 fully saturated rings. The highest BCUT2D eigenvalue weighted by molar-refractivity contribution is 5.78. The average molecular weight is 267 g/mol. The molecule has 4 heteroatoms. The third-order valence-electron chi connectivity index (χ3n) is 4.88. The van der Waals surface area contributed by atoms with Gasteiger partial charge in [-0.25, -0.2) is 0 Å². The van der Waals surface area contributed by atoms with E-state index >= 15 is 0 Å². The first-order chi connectivity index (χ1) is 8.98. The van der Waals surface area contributed by atoms with Crippen LogP contribution in [0.1, 0.15) is 39.5 Å². The molecule has 2 rings (SSSR count). The van der Waals surface area contributed by atoms with E-state index in [0.717, 1.165) is 39.0 Å². The second-order valence-electron chi connectivity index (χ2n) is 6.91. The van der Waals surface area contributed by atoms with Crippen molar-refractivity contribution in [2.45, 2.75) is 45.6 Å². The van der Waals surface area contributed by atoms with Gasteiger partial charge < -0.3 is 15.5 Å². The van der Waals surface area contributed by atoms with Crippen LogP contribution in [0.25, 0.3) is 0 Å². The summed E-state index contributed by atoms with van der Waals surface area (Å²) in [5.41, 5.74) is 0.292. The molecule has 0 spiro atoms. The highest BCUT2D eigenvalue weighted by atomic mass is 16.1. The Kier molecular flexibility index (Phi) is 4.85. The topological polar surface area (TPSA) is 44.4 Å². The lowest BCUT2D eigenvalue weighted by Gasteiger charge is -2.38. The van der Waals surface area contributed by atoms with Crippen molar-refractivity contribution in [3.05, 3.63) is 0 Å². The molecule has 2 saturated heterocycles. The molecule has 2 atom stereocenters. The molecule has 0 bridgehead atoms. The van der Waals surface area contributed by atoms with Gasteiger partial charge in [-0.2, -0.15) is 0 Å². The lowest BCUT2D eigenvalue weighted by atomic mass is 9.80. The Bertz CT molecular complexity index is 311. The molecule has 0 saturated carbocycles. The molecule has 19 heavy (non-hydrogen) atoms. The van der Waals surface area contributed by atoms with Crippen molar-refractivity contribution in [3.63, 3.8) is 0 Å². The van der Waals surface area contributed by atoms with Crippen LogP contribution in [0, 0.1) is 11.3 Å². The van der Waals surface area contributed by atoms with E-state index in [1.165, 1.54) is 12.8 Å². The van der Waals surface area contributed by atoms with Crippen molar-refractivity contribution in [3.8, 4) is 0 Å². The average Bonchev–Trinajstić information content (AvgIpc) is 2.40. The minimum Gasteiger partial charge on any atom is -0.355 e. The molecule has 0 radical (unpaired) electrons. The van der Waals surface area contributed by atoms with Crippen LogP contribution < -0.4 is 10.6 Å². The smallest absolute Gasteiger partial charge is 0.223 e. The summed E-state index contributed by atoms with van der Waals surface area (Å²) in [7, 11) is 2.18. The monoisotopic (exact) mass is 267 g/mol. The van der Waals surface area contributed by atoms with E-state index in [0.29, 0.717) is 11.5 Å². The number of carbonyl (C=O) groups excluding carboxylic acids is 1. The second-order valence-corrected chi connectivity index (χ2v) is 6.91. The maximum Gasteiger partial charge on any atom is 0.223 e. The van der Waals surface area contributed by atoms with Gasteiger partial charge in [0, 0.05) is 18.5 Å². The summed E-state index contributed by atoms with van der Waals surface area (Å²) in [6.45, 7) is 8.59. The SMILES string of the molecule is CC1CC(C(=O)NCC2(C)CCN(C)CC2)CCN1. The zero-order valence-corrected chi connectivity index (χ0v) is 12.7. The summed E-state index contributed by atoms with van der Waals surface area (Å²) in [5, 5.41) is 6.61. The van der Waals surface area contributed by atoms with Gasteiger partial charge in [-0.3, -0.25) is 4.79 Å². The summed E-state index contributed by atoms with van der Waals surface area (Å²) >= 11 is 0. The van der Waals surface area contributed by atoms with E-state index in [4.69, 9.17) is 0 Å². The van der Waals surface area contributed by atoms with E-state index in [1.807, 2.05) is 0 Å². The molecule has 2 unspecified atom stereocenters. The van der Waals surface area contributed by atoms with Crippen LogP contribution in [0.4, 0.5) is 0 Å². The first-order valence-corrected chi connectivity index (χ1v) is 7.68. The highest BCUT2D eigenvalue weighted by Crippen LogP contribution is 2.29. The van der Waals surface area contributed by atoms with Crippen molar-refractivity contribution >= 4 is 5.91 Å². The zero-order valence-electron chi connectivity index (χ0n) is 12.7. The zero-order chi connectivity index (χ0) is 13.9. The van der Waals surface area contributed by atoms with Gasteiger partial charge >= 0.3 is 0 Å². The highest BCUT2D eigenvalue weighted by Gasteiger charge is 2.31. The fraction of sp³-hybridized carbons (Fsp3) is 0.933. The molecule has 0 aromatic heterocycles. The first-order valence-electron chi connectivity index (χ1n) is 7.68. The van der Waals surface area contributed by atoms with Gasteiger partial charge in [0.15, 0.2) is 0 Å². The number of nitrogens with one attached hydrogen (secondary N) is 2. The fourth-order valence-corrected chi connectivity index (χ4v) is 3.15. The van der Waals surface area contributed by atoms with Crippen molar-refractivity contribution in [2.75, 3.05) is 33.2 Å². The van der Waals surface area contributed by atoms with Crippen LogP contribution in [0.2, 0.25) is 0 Å². The standard InChI is InChI=1S/C15H29N3O/c1-12-10-13(4-7-16-12)14(19)17-11-15(2)5-8-18(3)9-6-15/h12-13,16H,4-11H2,1-3H3,(H,17,19). The van der Waals surface area contributed by atoms with E-state index in [-0.39, 0.29) is 11.8 Å². The molecule has 110 valence electrons. The number of amides is 1. The van der Waals surface area contributed by atoms with Crippen LogP contribution in [-0.4, -0.2) is 50.1 Å². The Morgan fingerprint density at radius 3 is 2.74 bits per heavy atom. The van der Waals surface area contributed by atoms with Crippen molar-refractivity contribution in [1.29, 1.82) is 0 Å². The van der Waals surface area contributed by atoms with Crippen LogP contribution in [-0.2, 0) is 4.79 Å². The fourth-order valence-electron chi connectivity index (χ4n) is 3.15. The number of rotatable bonds is 3. The maximum atomic E-state index is 12.2. The Morgan fingerprint density at radius 2 is 2.11 bits per heavy atom. The normalized spacial score (nSPS) is 31.9. The summed E-state index contributed by atoms with van der Waals surface area (Å²) in [4.78, 5) is 14.6. The third kappa shape index (κ3) is 4.18. The Morgan fingerprint density at radius 1 is 1.42 bits per heavy atom. The molecular weight excluding hydrogens is 238 g/mol. The van der Waals surface area contributed by atoms with E-state index in [1.54, 1.807) is 0 Å². The second kappa shape index (κ2) is 6.23. The summed E-state index contributed by atoms with van der Waals surface area (Å²) in [6.07, 6.45) is 4.33. The Balaban J connectivity index is 1.76. The number of hydrogen-bond donors (Lipinski definition) is 2. The molecule has 2 N–H and O–H groups in total. The van der Waals surface area contributed by atoms with E-state index in [9.17, 15) is 4.79 Å². The van der Waals surface area contributed by atoms with E-state index in [2.05, 4.69) is 36.4 Å².